The first-order chi connectivity index (χ1) is 13.4. The fourth-order valence-electron chi connectivity index (χ4n) is 4.46. The van der Waals surface area contributed by atoms with E-state index >= 15 is 0 Å². The van der Waals surface area contributed by atoms with Crippen LogP contribution in [0, 0.1) is 20.8 Å². The van der Waals surface area contributed by atoms with Gasteiger partial charge >= 0.3 is 0 Å². The summed E-state index contributed by atoms with van der Waals surface area (Å²) in [4.78, 5) is 14.9. The number of nitrogens with zero attached hydrogens (tertiary/aromatic N) is 1. The first-order valence-electron chi connectivity index (χ1n) is 10.3. The molecule has 0 aliphatic carbocycles. The lowest BCUT2D eigenvalue weighted by Gasteiger charge is -2.44. The number of carbonyl (C=O) groups excluding carboxylic acids is 1. The first-order valence-corrected chi connectivity index (χ1v) is 10.3. The topological polar surface area (TPSA) is 32.3 Å². The van der Waals surface area contributed by atoms with Gasteiger partial charge in [-0.1, -0.05) is 49.9 Å². The molecule has 0 radical (unpaired) electrons. The zero-order valence-electron chi connectivity index (χ0n) is 17.6. The molecule has 0 bridgehead atoms. The zero-order chi connectivity index (χ0) is 20.3. The number of rotatable bonds is 5. The Morgan fingerprint density at radius 2 is 1.68 bits per heavy atom. The number of carbonyl (C=O) groups is 1. The van der Waals surface area contributed by atoms with Crippen molar-refractivity contribution in [2.45, 2.75) is 52.4 Å². The van der Waals surface area contributed by atoms with Gasteiger partial charge in [-0.3, -0.25) is 4.79 Å². The van der Waals surface area contributed by atoms with Gasteiger partial charge in [-0.25, -0.2) is 0 Å². The quantitative estimate of drug-likeness (QED) is 0.772. The van der Waals surface area contributed by atoms with Crippen LogP contribution < -0.4 is 5.32 Å². The highest BCUT2D eigenvalue weighted by Gasteiger charge is 2.36. The van der Waals surface area contributed by atoms with E-state index in [-0.39, 0.29) is 11.3 Å². The Bertz CT molecular complexity index is 876. The van der Waals surface area contributed by atoms with Crippen LogP contribution in [0.4, 0.5) is 0 Å². The minimum atomic E-state index is -0.0718. The van der Waals surface area contributed by atoms with Gasteiger partial charge in [0.25, 0.3) is 5.91 Å². The van der Waals surface area contributed by atoms with E-state index in [1.807, 2.05) is 32.0 Å². The molecule has 2 aromatic carbocycles. The third kappa shape index (κ3) is 3.84. The summed E-state index contributed by atoms with van der Waals surface area (Å²) in [7, 11) is 0. The Labute approximate surface area is 169 Å². The molecular formula is C25H32N2O. The molecular weight excluding hydrogens is 344 g/mol. The summed E-state index contributed by atoms with van der Waals surface area (Å²) < 4.78 is 0. The van der Waals surface area contributed by atoms with Crippen molar-refractivity contribution in [3.8, 4) is 0 Å². The lowest BCUT2D eigenvalue weighted by Crippen LogP contribution is -2.45. The summed E-state index contributed by atoms with van der Waals surface area (Å²) in [5.41, 5.74) is 5.94. The van der Waals surface area contributed by atoms with E-state index in [9.17, 15) is 4.79 Å². The highest BCUT2D eigenvalue weighted by Crippen LogP contribution is 2.40. The molecule has 1 aliphatic heterocycles. The minimum absolute atomic E-state index is 0.0718. The van der Waals surface area contributed by atoms with Gasteiger partial charge in [0.15, 0.2) is 0 Å². The lowest BCUT2D eigenvalue weighted by atomic mass is 9.69. The van der Waals surface area contributed by atoms with Crippen molar-refractivity contribution < 1.29 is 4.79 Å². The average Bonchev–Trinajstić information content (AvgIpc) is 2.70. The molecule has 2 aromatic rings. The Hall–Kier alpha value is -2.55. The van der Waals surface area contributed by atoms with Gasteiger partial charge in [0.05, 0.1) is 0 Å². The fraction of sp³-hybridized carbons (Fsp3) is 0.400. The average molecular weight is 377 g/mol. The molecule has 1 saturated heterocycles. The van der Waals surface area contributed by atoms with Crippen molar-refractivity contribution in [2.24, 2.45) is 0 Å². The van der Waals surface area contributed by atoms with Crippen LogP contribution in [-0.2, 0) is 5.41 Å². The van der Waals surface area contributed by atoms with Gasteiger partial charge in [-0.15, -0.1) is 0 Å². The molecule has 0 unspecified atom stereocenters. The lowest BCUT2D eigenvalue weighted by molar-refractivity contribution is 0.0939. The molecule has 0 atom stereocenters. The van der Waals surface area contributed by atoms with Crippen LogP contribution in [0.1, 0.15) is 58.8 Å². The maximum absolute atomic E-state index is 12.7. The van der Waals surface area contributed by atoms with Crippen LogP contribution in [0.2, 0.25) is 0 Å². The van der Waals surface area contributed by atoms with Gasteiger partial charge in [0.1, 0.15) is 5.82 Å². The molecule has 1 fully saturated rings. The Morgan fingerprint density at radius 3 is 2.32 bits per heavy atom. The maximum Gasteiger partial charge on any atom is 0.257 e. The van der Waals surface area contributed by atoms with Gasteiger partial charge in [0, 0.05) is 18.7 Å². The molecule has 3 nitrogen and oxygen atoms in total. The van der Waals surface area contributed by atoms with E-state index in [1.165, 1.54) is 11.1 Å². The predicted octanol–water partition coefficient (Wildman–Crippen LogP) is 5.26. The summed E-state index contributed by atoms with van der Waals surface area (Å²) in [5.74, 6) is 0.637. The van der Waals surface area contributed by atoms with Crippen LogP contribution in [0.25, 0.3) is 0 Å². The zero-order valence-corrected chi connectivity index (χ0v) is 17.6. The largest absolute Gasteiger partial charge is 0.359 e. The van der Waals surface area contributed by atoms with Crippen LogP contribution in [0.15, 0.2) is 54.9 Å². The standard InChI is InChI=1S/C25H32N2O/c1-6-25(23-13-8-7-10-19(23)3)14-16-27(17-15-25)21(5)26-24(28)22-12-9-11-18(2)20(22)4/h7-13H,5-6,14-17H2,1-4H3,(H,26,28). The number of piperidine rings is 1. The summed E-state index contributed by atoms with van der Waals surface area (Å²) in [6.45, 7) is 14.5. The molecule has 3 rings (SSSR count). The highest BCUT2D eigenvalue weighted by atomic mass is 16.1. The second kappa shape index (κ2) is 8.22. The van der Waals surface area contributed by atoms with Gasteiger partial charge in [-0.05, 0) is 73.8 Å². The molecule has 1 aliphatic rings. The molecule has 28 heavy (non-hydrogen) atoms. The van der Waals surface area contributed by atoms with E-state index in [2.05, 4.69) is 54.9 Å². The number of likely N-dealkylation sites (tertiary alicyclic amines) is 1. The summed E-state index contributed by atoms with van der Waals surface area (Å²) in [6, 6.07) is 14.6. The SMILES string of the molecule is C=C(NC(=O)c1cccc(C)c1C)N1CCC(CC)(c2ccccc2C)CC1. The van der Waals surface area contributed by atoms with Crippen molar-refractivity contribution >= 4 is 5.91 Å². The molecule has 1 amide bonds. The number of aryl methyl sites for hydroxylation is 2. The third-order valence-corrected chi connectivity index (χ3v) is 6.60. The molecule has 0 saturated carbocycles. The van der Waals surface area contributed by atoms with E-state index in [0.717, 1.165) is 49.0 Å². The number of benzene rings is 2. The van der Waals surface area contributed by atoms with E-state index in [4.69, 9.17) is 0 Å². The van der Waals surface area contributed by atoms with Crippen molar-refractivity contribution in [3.05, 3.63) is 82.7 Å². The van der Waals surface area contributed by atoms with E-state index < -0.39 is 0 Å². The van der Waals surface area contributed by atoms with Gasteiger partial charge in [-0.2, -0.15) is 0 Å². The van der Waals surface area contributed by atoms with E-state index in [0.29, 0.717) is 5.82 Å². The Kier molecular flexibility index (Phi) is 5.93. The molecule has 148 valence electrons. The normalized spacial score (nSPS) is 15.9. The van der Waals surface area contributed by atoms with Crippen molar-refractivity contribution in [2.75, 3.05) is 13.1 Å². The smallest absolute Gasteiger partial charge is 0.257 e. The second-order valence-electron chi connectivity index (χ2n) is 8.08. The van der Waals surface area contributed by atoms with Crippen LogP contribution >= 0.6 is 0 Å². The predicted molar refractivity (Wildman–Crippen MR) is 116 cm³/mol. The van der Waals surface area contributed by atoms with Gasteiger partial charge in [0.2, 0.25) is 0 Å². The second-order valence-corrected chi connectivity index (χ2v) is 8.08. The van der Waals surface area contributed by atoms with Crippen molar-refractivity contribution in [3.63, 3.8) is 0 Å². The summed E-state index contributed by atoms with van der Waals surface area (Å²) in [5, 5.41) is 3.02. The van der Waals surface area contributed by atoms with Gasteiger partial charge < -0.3 is 10.2 Å². The number of hydrogen-bond donors (Lipinski definition) is 1. The minimum Gasteiger partial charge on any atom is -0.359 e. The fourth-order valence-corrected chi connectivity index (χ4v) is 4.46. The monoisotopic (exact) mass is 376 g/mol. The van der Waals surface area contributed by atoms with Crippen LogP contribution in [0.5, 0.6) is 0 Å². The third-order valence-electron chi connectivity index (χ3n) is 6.60. The van der Waals surface area contributed by atoms with Crippen molar-refractivity contribution in [1.82, 2.24) is 10.2 Å². The maximum atomic E-state index is 12.7. The summed E-state index contributed by atoms with van der Waals surface area (Å²) in [6.07, 6.45) is 3.28. The van der Waals surface area contributed by atoms with E-state index in [1.54, 1.807) is 0 Å². The Balaban J connectivity index is 1.67. The van der Waals surface area contributed by atoms with Crippen LogP contribution in [-0.4, -0.2) is 23.9 Å². The Morgan fingerprint density at radius 1 is 1.04 bits per heavy atom. The number of hydrogen-bond acceptors (Lipinski definition) is 2. The first kappa shape index (κ1) is 20.2. The molecule has 1 N–H and O–H groups in total. The molecule has 0 aromatic heterocycles. The number of nitrogens with one attached hydrogen (secondary N) is 1. The highest BCUT2D eigenvalue weighted by molar-refractivity contribution is 5.96. The van der Waals surface area contributed by atoms with Crippen LogP contribution in [0.3, 0.4) is 0 Å². The molecule has 0 spiro atoms. The summed E-state index contributed by atoms with van der Waals surface area (Å²) >= 11 is 0. The molecule has 3 heteroatoms. The van der Waals surface area contributed by atoms with Crippen molar-refractivity contribution in [1.29, 1.82) is 0 Å². The molecule has 1 heterocycles. The number of amides is 1.